The fourth-order valence-corrected chi connectivity index (χ4v) is 5.42. The van der Waals surface area contributed by atoms with Crippen molar-refractivity contribution in [2.24, 2.45) is 23.7 Å². The van der Waals surface area contributed by atoms with Gasteiger partial charge in [0.1, 0.15) is 0 Å². The zero-order valence-electron chi connectivity index (χ0n) is 15.5. The predicted octanol–water partition coefficient (Wildman–Crippen LogP) is 4.17. The topological polar surface area (TPSA) is 55.2 Å². The number of hydrogen-bond donors (Lipinski definition) is 0. The number of fused-ring (bicyclic) bond motifs is 5. The number of amides is 2. The molecule has 0 unspecified atom stereocenters. The third kappa shape index (κ3) is 2.42. The molecule has 0 radical (unpaired) electrons. The van der Waals surface area contributed by atoms with E-state index in [4.69, 9.17) is 23.2 Å². The standard InChI is InChI=1S/C21H19Cl2N3O2/c1-10-19(11(2)25(24-10)9-12-3-6-15(22)16(23)7-12)26-20(27)17-13-4-5-14(8-13)18(17)21(26)28/h3-7,13-14,17-18H,8-9H2,1-2H3/t13-,14-,17-,18-/m0/s1. The predicted molar refractivity (Wildman–Crippen MR) is 107 cm³/mol. The van der Waals surface area contributed by atoms with Crippen molar-refractivity contribution in [3.8, 4) is 0 Å². The fraction of sp³-hybridized carbons (Fsp3) is 0.381. The van der Waals surface area contributed by atoms with Crippen molar-refractivity contribution in [3.63, 3.8) is 0 Å². The summed E-state index contributed by atoms with van der Waals surface area (Å²) in [6.07, 6.45) is 5.14. The number of aromatic nitrogens is 2. The molecule has 1 saturated heterocycles. The summed E-state index contributed by atoms with van der Waals surface area (Å²) in [5, 5.41) is 5.59. The van der Waals surface area contributed by atoms with Crippen molar-refractivity contribution < 1.29 is 9.59 Å². The molecule has 3 aliphatic rings. The van der Waals surface area contributed by atoms with Gasteiger partial charge in [0.15, 0.2) is 0 Å². The van der Waals surface area contributed by atoms with E-state index in [0.29, 0.717) is 28.0 Å². The molecule has 1 aromatic carbocycles. The van der Waals surface area contributed by atoms with Gasteiger partial charge in [-0.25, -0.2) is 4.90 Å². The molecule has 0 spiro atoms. The van der Waals surface area contributed by atoms with Crippen molar-refractivity contribution in [3.05, 3.63) is 57.3 Å². The second-order valence-corrected chi connectivity index (χ2v) is 8.75. The average Bonchev–Trinajstić information content (AvgIpc) is 3.38. The Morgan fingerprint density at radius 2 is 1.68 bits per heavy atom. The van der Waals surface area contributed by atoms with Gasteiger partial charge in [-0.05, 0) is 49.8 Å². The van der Waals surface area contributed by atoms with Crippen molar-refractivity contribution in [2.75, 3.05) is 4.90 Å². The van der Waals surface area contributed by atoms with E-state index < -0.39 is 0 Å². The number of imide groups is 1. The van der Waals surface area contributed by atoms with Gasteiger partial charge in [-0.3, -0.25) is 14.3 Å². The molecule has 1 saturated carbocycles. The van der Waals surface area contributed by atoms with E-state index in [9.17, 15) is 9.59 Å². The minimum atomic E-state index is -0.209. The lowest BCUT2D eigenvalue weighted by atomic mass is 9.85. The van der Waals surface area contributed by atoms with Gasteiger partial charge in [0.25, 0.3) is 0 Å². The number of anilines is 1. The van der Waals surface area contributed by atoms with Crippen LogP contribution in [-0.4, -0.2) is 21.6 Å². The monoisotopic (exact) mass is 415 g/mol. The number of rotatable bonds is 3. The minimum absolute atomic E-state index is 0.0767. The van der Waals surface area contributed by atoms with Gasteiger partial charge in [-0.2, -0.15) is 5.10 Å². The molecule has 2 aliphatic carbocycles. The van der Waals surface area contributed by atoms with Gasteiger partial charge in [-0.15, -0.1) is 0 Å². The SMILES string of the molecule is Cc1nn(Cc2ccc(Cl)c(Cl)c2)c(C)c1N1C(=O)[C@@H]2[C@@H](C1=O)[C@H]1C=C[C@H]2C1. The molecule has 28 heavy (non-hydrogen) atoms. The molecule has 2 bridgehead atoms. The van der Waals surface area contributed by atoms with Crippen LogP contribution in [0.25, 0.3) is 0 Å². The highest BCUT2D eigenvalue weighted by Crippen LogP contribution is 2.53. The molecule has 2 heterocycles. The summed E-state index contributed by atoms with van der Waals surface area (Å²) in [6, 6.07) is 5.45. The Balaban J connectivity index is 1.49. The molecule has 4 atom stereocenters. The van der Waals surface area contributed by atoms with Crippen LogP contribution in [0.2, 0.25) is 10.0 Å². The van der Waals surface area contributed by atoms with Crippen LogP contribution < -0.4 is 4.90 Å². The second kappa shape index (κ2) is 6.19. The lowest BCUT2D eigenvalue weighted by Crippen LogP contribution is -2.33. The Bertz CT molecular complexity index is 1030. The summed E-state index contributed by atoms with van der Waals surface area (Å²) in [5.41, 5.74) is 3.05. The molecular formula is C21H19Cl2N3O2. The zero-order chi connectivity index (χ0) is 19.7. The molecule has 0 N–H and O–H groups in total. The summed E-state index contributed by atoms with van der Waals surface area (Å²) in [5.74, 6) is -0.176. The molecular weight excluding hydrogens is 397 g/mol. The van der Waals surface area contributed by atoms with E-state index >= 15 is 0 Å². The number of halogens is 2. The van der Waals surface area contributed by atoms with Gasteiger partial charge in [-0.1, -0.05) is 41.4 Å². The Hall–Kier alpha value is -2.11. The first-order valence-corrected chi connectivity index (χ1v) is 10.2. The normalized spacial score (nSPS) is 27.9. The zero-order valence-corrected chi connectivity index (χ0v) is 17.0. The molecule has 5 rings (SSSR count). The van der Waals surface area contributed by atoms with Crippen molar-refractivity contribution in [1.82, 2.24) is 9.78 Å². The molecule has 1 aromatic heterocycles. The molecule has 2 amide bonds. The third-order valence-corrected chi connectivity index (χ3v) is 7.09. The molecule has 7 heteroatoms. The van der Waals surface area contributed by atoms with Gasteiger partial charge >= 0.3 is 0 Å². The van der Waals surface area contributed by atoms with Crippen molar-refractivity contribution >= 4 is 40.7 Å². The highest BCUT2D eigenvalue weighted by atomic mass is 35.5. The first-order valence-electron chi connectivity index (χ1n) is 9.41. The van der Waals surface area contributed by atoms with Crippen LogP contribution in [0, 0.1) is 37.5 Å². The maximum absolute atomic E-state index is 13.1. The average molecular weight is 416 g/mol. The van der Waals surface area contributed by atoms with Gasteiger partial charge in [0.05, 0.1) is 45.5 Å². The Kier molecular flexibility index (Phi) is 3.97. The highest BCUT2D eigenvalue weighted by Gasteiger charge is 2.60. The van der Waals surface area contributed by atoms with Crippen LogP contribution in [0.5, 0.6) is 0 Å². The quantitative estimate of drug-likeness (QED) is 0.558. The number of carbonyl (C=O) groups excluding carboxylic acids is 2. The van der Waals surface area contributed by atoms with E-state index in [1.54, 1.807) is 12.1 Å². The van der Waals surface area contributed by atoms with E-state index in [2.05, 4.69) is 17.3 Å². The van der Waals surface area contributed by atoms with Crippen LogP contribution >= 0.6 is 23.2 Å². The van der Waals surface area contributed by atoms with Crippen LogP contribution in [0.15, 0.2) is 30.4 Å². The maximum atomic E-state index is 13.1. The highest BCUT2D eigenvalue weighted by molar-refractivity contribution is 6.42. The molecule has 2 fully saturated rings. The fourth-order valence-electron chi connectivity index (χ4n) is 5.10. The van der Waals surface area contributed by atoms with E-state index in [1.807, 2.05) is 24.6 Å². The number of aryl methyl sites for hydroxylation is 1. The lowest BCUT2D eigenvalue weighted by Gasteiger charge is -2.18. The van der Waals surface area contributed by atoms with E-state index in [0.717, 1.165) is 17.7 Å². The number of carbonyl (C=O) groups is 2. The van der Waals surface area contributed by atoms with E-state index in [-0.39, 0.29) is 35.5 Å². The van der Waals surface area contributed by atoms with E-state index in [1.165, 1.54) is 4.90 Å². The third-order valence-electron chi connectivity index (χ3n) is 6.35. The number of hydrogen-bond acceptors (Lipinski definition) is 3. The second-order valence-electron chi connectivity index (χ2n) is 7.94. The van der Waals surface area contributed by atoms with Crippen molar-refractivity contribution in [1.29, 1.82) is 0 Å². The van der Waals surface area contributed by atoms with Gasteiger partial charge < -0.3 is 0 Å². The Morgan fingerprint density at radius 3 is 2.29 bits per heavy atom. The Morgan fingerprint density at radius 1 is 1.04 bits per heavy atom. The summed E-state index contributed by atoms with van der Waals surface area (Å²) in [4.78, 5) is 27.7. The summed E-state index contributed by atoms with van der Waals surface area (Å²) in [6.45, 7) is 4.23. The first kappa shape index (κ1) is 18.0. The minimum Gasteiger partial charge on any atom is -0.274 e. The summed E-state index contributed by atoms with van der Waals surface area (Å²) >= 11 is 12.1. The number of benzene rings is 1. The van der Waals surface area contributed by atoms with Crippen LogP contribution in [0.4, 0.5) is 5.69 Å². The van der Waals surface area contributed by atoms with Gasteiger partial charge in [0.2, 0.25) is 11.8 Å². The van der Waals surface area contributed by atoms with Gasteiger partial charge in [0, 0.05) is 0 Å². The molecule has 5 nitrogen and oxygen atoms in total. The number of allylic oxidation sites excluding steroid dienone is 2. The first-order chi connectivity index (χ1) is 13.4. The van der Waals surface area contributed by atoms with Crippen LogP contribution in [-0.2, 0) is 16.1 Å². The van der Waals surface area contributed by atoms with Crippen LogP contribution in [0.3, 0.4) is 0 Å². The number of nitrogens with zero attached hydrogens (tertiary/aromatic N) is 3. The maximum Gasteiger partial charge on any atom is 0.238 e. The summed E-state index contributed by atoms with van der Waals surface area (Å²) < 4.78 is 1.81. The molecule has 1 aliphatic heterocycles. The lowest BCUT2D eigenvalue weighted by molar-refractivity contribution is -0.123. The largest absolute Gasteiger partial charge is 0.274 e. The Labute approximate surface area is 172 Å². The smallest absolute Gasteiger partial charge is 0.238 e. The molecule has 2 aromatic rings. The molecule has 144 valence electrons. The van der Waals surface area contributed by atoms with Crippen LogP contribution in [0.1, 0.15) is 23.4 Å². The van der Waals surface area contributed by atoms with Crippen molar-refractivity contribution in [2.45, 2.75) is 26.8 Å². The summed E-state index contributed by atoms with van der Waals surface area (Å²) in [7, 11) is 0.